The molecule has 0 amide bonds. The minimum atomic E-state index is 0. The summed E-state index contributed by atoms with van der Waals surface area (Å²) in [5, 5.41) is 0.849. The molecule has 0 unspecified atom stereocenters. The predicted octanol–water partition coefficient (Wildman–Crippen LogP) is 5.78. The molecule has 0 spiro atoms. The van der Waals surface area contributed by atoms with Crippen LogP contribution in [-0.2, 0) is 5.41 Å². The average Bonchev–Trinajstić information content (AvgIpc) is 2.18. The summed E-state index contributed by atoms with van der Waals surface area (Å²) in [4.78, 5) is 0. The number of hydrogen-bond donors (Lipinski definition) is 1. The molecule has 1 aromatic carbocycles. The Kier molecular flexibility index (Phi) is 7.28. The van der Waals surface area contributed by atoms with Crippen molar-refractivity contribution in [2.24, 2.45) is 5.92 Å². The second kappa shape index (κ2) is 7.37. The lowest BCUT2D eigenvalue weighted by Gasteiger charge is -2.43. The van der Waals surface area contributed by atoms with Gasteiger partial charge in [-0.15, -0.1) is 12.4 Å². The third-order valence-corrected chi connectivity index (χ3v) is 4.22. The molecule has 0 bridgehead atoms. The van der Waals surface area contributed by atoms with Crippen molar-refractivity contribution in [3.05, 3.63) is 34.9 Å². The van der Waals surface area contributed by atoms with E-state index < -0.39 is 0 Å². The molecule has 0 saturated heterocycles. The molecule has 1 fully saturated rings. The van der Waals surface area contributed by atoms with E-state index in [-0.39, 0.29) is 18.6 Å². The lowest BCUT2D eigenvalue weighted by atomic mass is 9.61. The molecule has 3 heteroatoms. The van der Waals surface area contributed by atoms with Crippen molar-refractivity contribution in [1.29, 1.82) is 0 Å². The summed E-state index contributed by atoms with van der Waals surface area (Å²) in [6.45, 7) is 4.63. The van der Waals surface area contributed by atoms with E-state index in [2.05, 4.69) is 26.0 Å². The van der Waals surface area contributed by atoms with Gasteiger partial charge >= 0.3 is 0 Å². The van der Waals surface area contributed by atoms with Crippen molar-refractivity contribution in [2.75, 3.05) is 0 Å². The lowest BCUT2D eigenvalue weighted by Crippen LogP contribution is -2.34. The normalized spacial score (nSPS) is 16.4. The highest BCUT2D eigenvalue weighted by Crippen LogP contribution is 2.47. The molecule has 2 rings (SSSR count). The number of hydrogen-bond acceptors (Lipinski definition) is 1. The minimum Gasteiger partial charge on any atom is -0.344 e. The Bertz CT molecular complexity index is 342. The number of benzene rings is 1. The summed E-state index contributed by atoms with van der Waals surface area (Å²) in [5.41, 5.74) is 1.98. The molecule has 0 aliphatic heterocycles. The standard InChI is InChI=1S/C15H21Cl.ClH.H3N/c1-12(2)8-11-15(9-3-10-15)13-4-6-14(16)7-5-13;;/h4-7,12H,3,8-11H2,1-2H3;1H;1H3. The smallest absolute Gasteiger partial charge is 0.0406 e. The third kappa shape index (κ3) is 3.88. The molecule has 0 heterocycles. The molecule has 0 atom stereocenters. The molecule has 1 aliphatic rings. The highest BCUT2D eigenvalue weighted by atomic mass is 35.5. The summed E-state index contributed by atoms with van der Waals surface area (Å²) in [7, 11) is 0. The average molecular weight is 290 g/mol. The Hall–Kier alpha value is -0.240. The molecule has 1 aromatic rings. The van der Waals surface area contributed by atoms with Gasteiger partial charge in [0, 0.05) is 5.02 Å². The maximum absolute atomic E-state index is 5.95. The van der Waals surface area contributed by atoms with Crippen molar-refractivity contribution in [2.45, 2.75) is 51.4 Å². The molecule has 0 aromatic heterocycles. The van der Waals surface area contributed by atoms with Gasteiger partial charge in [-0.2, -0.15) is 0 Å². The van der Waals surface area contributed by atoms with Crippen LogP contribution in [0.5, 0.6) is 0 Å². The molecular weight excluding hydrogens is 265 g/mol. The first-order valence-corrected chi connectivity index (χ1v) is 6.76. The first-order valence-electron chi connectivity index (χ1n) is 6.38. The zero-order valence-electron chi connectivity index (χ0n) is 11.4. The van der Waals surface area contributed by atoms with Gasteiger partial charge in [-0.25, -0.2) is 0 Å². The SMILES string of the molecule is CC(C)CCC1(c2ccc(Cl)cc2)CCC1.Cl.N. The van der Waals surface area contributed by atoms with Crippen LogP contribution >= 0.6 is 24.0 Å². The van der Waals surface area contributed by atoms with Gasteiger partial charge in [-0.1, -0.05) is 50.4 Å². The van der Waals surface area contributed by atoms with Crippen LogP contribution in [0, 0.1) is 5.92 Å². The van der Waals surface area contributed by atoms with E-state index in [0.717, 1.165) is 10.9 Å². The fourth-order valence-electron chi connectivity index (χ4n) is 2.65. The van der Waals surface area contributed by atoms with Crippen LogP contribution < -0.4 is 6.15 Å². The second-order valence-electron chi connectivity index (χ2n) is 5.57. The number of rotatable bonds is 4. The van der Waals surface area contributed by atoms with Crippen LogP contribution in [0.25, 0.3) is 0 Å². The molecule has 3 N–H and O–H groups in total. The van der Waals surface area contributed by atoms with Crippen molar-refractivity contribution in [3.8, 4) is 0 Å². The summed E-state index contributed by atoms with van der Waals surface area (Å²) < 4.78 is 0. The molecular formula is C15H25Cl2N. The first-order chi connectivity index (χ1) is 7.62. The van der Waals surface area contributed by atoms with Gasteiger partial charge in [0.1, 0.15) is 0 Å². The first kappa shape index (κ1) is 17.8. The topological polar surface area (TPSA) is 35.0 Å². The van der Waals surface area contributed by atoms with E-state index in [0.29, 0.717) is 5.41 Å². The van der Waals surface area contributed by atoms with E-state index in [1.807, 2.05) is 12.1 Å². The summed E-state index contributed by atoms with van der Waals surface area (Å²) >= 11 is 5.95. The van der Waals surface area contributed by atoms with Crippen molar-refractivity contribution >= 4 is 24.0 Å². The minimum absolute atomic E-state index is 0. The molecule has 0 radical (unpaired) electrons. The zero-order chi connectivity index (χ0) is 11.6. The Balaban J connectivity index is 0.00000144. The van der Waals surface area contributed by atoms with Crippen LogP contribution in [0.1, 0.15) is 51.5 Å². The predicted molar refractivity (Wildman–Crippen MR) is 83.3 cm³/mol. The Morgan fingerprint density at radius 2 is 1.72 bits per heavy atom. The molecule has 104 valence electrons. The van der Waals surface area contributed by atoms with Crippen molar-refractivity contribution in [1.82, 2.24) is 6.15 Å². The molecule has 1 nitrogen and oxygen atoms in total. The lowest BCUT2D eigenvalue weighted by molar-refractivity contribution is 0.211. The summed E-state index contributed by atoms with van der Waals surface area (Å²) in [5.74, 6) is 0.810. The monoisotopic (exact) mass is 289 g/mol. The van der Waals surface area contributed by atoms with Gasteiger partial charge < -0.3 is 6.15 Å². The highest BCUT2D eigenvalue weighted by molar-refractivity contribution is 6.30. The van der Waals surface area contributed by atoms with Gasteiger partial charge in [0.15, 0.2) is 0 Å². The van der Waals surface area contributed by atoms with E-state index in [9.17, 15) is 0 Å². The van der Waals surface area contributed by atoms with Crippen LogP contribution in [-0.4, -0.2) is 0 Å². The molecule has 18 heavy (non-hydrogen) atoms. The summed E-state index contributed by atoms with van der Waals surface area (Å²) in [6, 6.07) is 8.52. The van der Waals surface area contributed by atoms with Crippen molar-refractivity contribution in [3.63, 3.8) is 0 Å². The van der Waals surface area contributed by atoms with Crippen LogP contribution in [0.2, 0.25) is 5.02 Å². The fourth-order valence-corrected chi connectivity index (χ4v) is 2.78. The molecule has 1 saturated carbocycles. The van der Waals surface area contributed by atoms with Gasteiger partial charge in [0.2, 0.25) is 0 Å². The Morgan fingerprint density at radius 1 is 1.17 bits per heavy atom. The second-order valence-corrected chi connectivity index (χ2v) is 6.01. The number of halogens is 2. The van der Waals surface area contributed by atoms with Crippen LogP contribution in [0.4, 0.5) is 0 Å². The quantitative estimate of drug-likeness (QED) is 0.749. The van der Waals surface area contributed by atoms with Gasteiger partial charge in [0.05, 0.1) is 0 Å². The Labute approximate surface area is 122 Å². The van der Waals surface area contributed by atoms with Gasteiger partial charge in [-0.3, -0.25) is 0 Å². The van der Waals surface area contributed by atoms with E-state index in [1.54, 1.807) is 0 Å². The maximum atomic E-state index is 5.95. The Morgan fingerprint density at radius 3 is 2.11 bits per heavy atom. The molecule has 1 aliphatic carbocycles. The van der Waals surface area contributed by atoms with Crippen molar-refractivity contribution < 1.29 is 0 Å². The largest absolute Gasteiger partial charge is 0.344 e. The maximum Gasteiger partial charge on any atom is 0.0406 e. The fraction of sp³-hybridized carbons (Fsp3) is 0.600. The third-order valence-electron chi connectivity index (χ3n) is 3.97. The van der Waals surface area contributed by atoms with Gasteiger partial charge in [-0.05, 0) is 48.3 Å². The highest BCUT2D eigenvalue weighted by Gasteiger charge is 2.37. The summed E-state index contributed by atoms with van der Waals surface area (Å²) in [6.07, 6.45) is 6.79. The zero-order valence-corrected chi connectivity index (χ0v) is 13.0. The van der Waals surface area contributed by atoms with E-state index in [1.165, 1.54) is 37.7 Å². The van der Waals surface area contributed by atoms with E-state index >= 15 is 0 Å². The van der Waals surface area contributed by atoms with Crippen LogP contribution in [0.3, 0.4) is 0 Å². The van der Waals surface area contributed by atoms with E-state index in [4.69, 9.17) is 11.6 Å². The van der Waals surface area contributed by atoms with Crippen LogP contribution in [0.15, 0.2) is 24.3 Å². The van der Waals surface area contributed by atoms with Gasteiger partial charge in [0.25, 0.3) is 0 Å².